The monoisotopic (exact) mass is 240 g/mol. The second kappa shape index (κ2) is 4.22. The Bertz CT molecular complexity index is 578. The maximum absolute atomic E-state index is 4.21. The number of nitrogens with one attached hydrogen (secondary N) is 1. The summed E-state index contributed by atoms with van der Waals surface area (Å²) in [4.78, 5) is 6.30. The molecule has 0 bridgehead atoms. The van der Waals surface area contributed by atoms with Gasteiger partial charge in [-0.05, 0) is 30.3 Å². The molecule has 0 atom stereocenters. The normalized spacial score (nSPS) is 13.0. The van der Waals surface area contributed by atoms with Gasteiger partial charge in [-0.3, -0.25) is 4.99 Å². The van der Waals surface area contributed by atoms with Crippen LogP contribution in [0.3, 0.4) is 0 Å². The molecule has 2 heterocycles. The quantitative estimate of drug-likeness (QED) is 0.874. The molecule has 0 fully saturated rings. The number of aliphatic imine (C=N–C) groups is 1. The molecular formula is C14H16N4. The van der Waals surface area contributed by atoms with Gasteiger partial charge in [-0.15, -0.1) is 0 Å². The lowest BCUT2D eigenvalue weighted by Gasteiger charge is -2.15. The van der Waals surface area contributed by atoms with E-state index in [1.54, 1.807) is 6.34 Å². The van der Waals surface area contributed by atoms with E-state index in [2.05, 4.69) is 56.3 Å². The highest BCUT2D eigenvalue weighted by Crippen LogP contribution is 2.25. The van der Waals surface area contributed by atoms with E-state index < -0.39 is 0 Å². The Morgan fingerprint density at radius 2 is 1.94 bits per heavy atom. The molecule has 0 amide bonds. The zero-order valence-electron chi connectivity index (χ0n) is 10.6. The lowest BCUT2D eigenvalue weighted by molar-refractivity contribution is 1.02. The van der Waals surface area contributed by atoms with Crippen LogP contribution < -0.4 is 10.2 Å². The summed E-state index contributed by atoms with van der Waals surface area (Å²) in [5.74, 6) is 1.11. The lowest BCUT2D eigenvalue weighted by atomic mass is 10.2. The lowest BCUT2D eigenvalue weighted by Crippen LogP contribution is -2.10. The van der Waals surface area contributed by atoms with E-state index in [1.807, 2.05) is 14.1 Å². The second-order valence-electron chi connectivity index (χ2n) is 4.58. The fourth-order valence-corrected chi connectivity index (χ4v) is 2.14. The van der Waals surface area contributed by atoms with Gasteiger partial charge in [-0.25, -0.2) is 0 Å². The molecule has 1 aromatic heterocycles. The summed E-state index contributed by atoms with van der Waals surface area (Å²) in [5, 5.41) is 3.21. The van der Waals surface area contributed by atoms with Crippen molar-refractivity contribution in [1.29, 1.82) is 0 Å². The van der Waals surface area contributed by atoms with Crippen molar-refractivity contribution in [2.75, 3.05) is 24.3 Å². The highest BCUT2D eigenvalue weighted by atomic mass is 15.1. The van der Waals surface area contributed by atoms with E-state index in [-0.39, 0.29) is 0 Å². The van der Waals surface area contributed by atoms with Crippen LogP contribution >= 0.6 is 0 Å². The fourth-order valence-electron chi connectivity index (χ4n) is 2.14. The molecule has 0 spiro atoms. The van der Waals surface area contributed by atoms with Crippen molar-refractivity contribution >= 4 is 17.8 Å². The topological polar surface area (TPSA) is 32.6 Å². The third-order valence-corrected chi connectivity index (χ3v) is 3.17. The summed E-state index contributed by atoms with van der Waals surface area (Å²) < 4.78 is 2.15. The van der Waals surface area contributed by atoms with Crippen molar-refractivity contribution in [3.05, 3.63) is 42.1 Å². The van der Waals surface area contributed by atoms with Crippen molar-refractivity contribution in [3.8, 4) is 5.69 Å². The number of aromatic nitrogens is 1. The van der Waals surface area contributed by atoms with Crippen molar-refractivity contribution < 1.29 is 0 Å². The van der Waals surface area contributed by atoms with Crippen LogP contribution in [0.4, 0.5) is 11.5 Å². The van der Waals surface area contributed by atoms with Crippen LogP contribution in [-0.4, -0.2) is 25.0 Å². The largest absolute Gasteiger partial charge is 0.378 e. The van der Waals surface area contributed by atoms with Crippen LogP contribution in [0.25, 0.3) is 5.69 Å². The van der Waals surface area contributed by atoms with E-state index in [4.69, 9.17) is 0 Å². The van der Waals surface area contributed by atoms with E-state index in [1.165, 1.54) is 11.3 Å². The number of anilines is 2. The van der Waals surface area contributed by atoms with Crippen molar-refractivity contribution in [2.24, 2.45) is 4.99 Å². The number of fused-ring (bicyclic) bond motifs is 1. The van der Waals surface area contributed by atoms with E-state index in [0.29, 0.717) is 0 Å². The summed E-state index contributed by atoms with van der Waals surface area (Å²) in [6.45, 7) is 0.755. The van der Waals surface area contributed by atoms with Gasteiger partial charge in [0.2, 0.25) is 0 Å². The Balaban J connectivity index is 1.98. The Kier molecular flexibility index (Phi) is 2.55. The van der Waals surface area contributed by atoms with Gasteiger partial charge in [0.15, 0.2) is 0 Å². The van der Waals surface area contributed by atoms with Gasteiger partial charge in [-0.1, -0.05) is 0 Å². The summed E-state index contributed by atoms with van der Waals surface area (Å²) in [6, 6.07) is 10.6. The molecule has 1 N–H and O–H groups in total. The highest BCUT2D eigenvalue weighted by Gasteiger charge is 2.11. The van der Waals surface area contributed by atoms with Gasteiger partial charge in [0, 0.05) is 37.2 Å². The molecule has 0 saturated carbocycles. The summed E-state index contributed by atoms with van der Waals surface area (Å²) in [6.07, 6.45) is 3.84. The molecule has 0 unspecified atom stereocenters. The smallest absolute Gasteiger partial charge is 0.120 e. The standard InChI is InChI=1S/C14H16N4/c1-17(2)12-3-5-13(6-4-12)18-8-7-11-9-15-10-16-14(11)18/h3-8,10H,9H2,1-2H3,(H,15,16). The Morgan fingerprint density at radius 3 is 2.67 bits per heavy atom. The average Bonchev–Trinajstić information content (AvgIpc) is 2.82. The van der Waals surface area contributed by atoms with Crippen molar-refractivity contribution in [1.82, 2.24) is 4.57 Å². The van der Waals surface area contributed by atoms with Crippen LogP contribution in [0, 0.1) is 0 Å². The van der Waals surface area contributed by atoms with Gasteiger partial charge < -0.3 is 14.8 Å². The first-order valence-electron chi connectivity index (χ1n) is 5.98. The van der Waals surface area contributed by atoms with Gasteiger partial charge >= 0.3 is 0 Å². The number of hydrogen-bond donors (Lipinski definition) is 1. The molecular weight excluding hydrogens is 224 g/mol. The predicted octanol–water partition coefficient (Wildman–Crippen LogP) is 2.50. The van der Waals surface area contributed by atoms with Gasteiger partial charge in [0.1, 0.15) is 5.82 Å². The molecule has 1 aliphatic heterocycles. The molecule has 0 aliphatic carbocycles. The molecule has 1 aromatic carbocycles. The minimum absolute atomic E-state index is 0.755. The molecule has 2 aromatic rings. The van der Waals surface area contributed by atoms with E-state index in [0.717, 1.165) is 18.1 Å². The molecule has 18 heavy (non-hydrogen) atoms. The fraction of sp³-hybridized carbons (Fsp3) is 0.214. The SMILES string of the molecule is CN(C)c1ccc(-n2ccc3c2NC=NC3)cc1. The molecule has 0 radical (unpaired) electrons. The third-order valence-electron chi connectivity index (χ3n) is 3.17. The molecule has 92 valence electrons. The Hall–Kier alpha value is -2.23. The zero-order chi connectivity index (χ0) is 12.5. The van der Waals surface area contributed by atoms with Crippen LogP contribution in [-0.2, 0) is 6.54 Å². The summed E-state index contributed by atoms with van der Waals surface area (Å²) in [5.41, 5.74) is 3.59. The first kappa shape index (κ1) is 10.9. The minimum Gasteiger partial charge on any atom is -0.378 e. The Morgan fingerprint density at radius 1 is 1.17 bits per heavy atom. The highest BCUT2D eigenvalue weighted by molar-refractivity contribution is 5.79. The molecule has 4 heteroatoms. The first-order chi connectivity index (χ1) is 8.75. The van der Waals surface area contributed by atoms with Crippen LogP contribution in [0.5, 0.6) is 0 Å². The van der Waals surface area contributed by atoms with Crippen LogP contribution in [0.15, 0.2) is 41.5 Å². The summed E-state index contributed by atoms with van der Waals surface area (Å²) in [7, 11) is 4.09. The van der Waals surface area contributed by atoms with Crippen molar-refractivity contribution in [2.45, 2.75) is 6.54 Å². The van der Waals surface area contributed by atoms with Gasteiger partial charge in [0.25, 0.3) is 0 Å². The zero-order valence-corrected chi connectivity index (χ0v) is 10.6. The Labute approximate surface area is 107 Å². The van der Waals surface area contributed by atoms with Gasteiger partial charge in [0.05, 0.1) is 12.9 Å². The predicted molar refractivity (Wildman–Crippen MR) is 75.9 cm³/mol. The maximum Gasteiger partial charge on any atom is 0.120 e. The molecule has 3 rings (SSSR count). The average molecular weight is 240 g/mol. The summed E-state index contributed by atoms with van der Waals surface area (Å²) >= 11 is 0. The number of nitrogens with zero attached hydrogens (tertiary/aromatic N) is 3. The minimum atomic E-state index is 0.755. The number of benzene rings is 1. The van der Waals surface area contributed by atoms with E-state index >= 15 is 0 Å². The molecule has 4 nitrogen and oxygen atoms in total. The molecule has 0 saturated heterocycles. The van der Waals surface area contributed by atoms with Crippen molar-refractivity contribution in [3.63, 3.8) is 0 Å². The van der Waals surface area contributed by atoms with E-state index in [9.17, 15) is 0 Å². The molecule has 1 aliphatic rings. The second-order valence-corrected chi connectivity index (χ2v) is 4.58. The van der Waals surface area contributed by atoms with Crippen LogP contribution in [0.1, 0.15) is 5.56 Å². The number of hydrogen-bond acceptors (Lipinski definition) is 3. The number of rotatable bonds is 2. The maximum atomic E-state index is 4.21. The first-order valence-corrected chi connectivity index (χ1v) is 5.98. The third kappa shape index (κ3) is 1.76. The van der Waals surface area contributed by atoms with Gasteiger partial charge in [-0.2, -0.15) is 0 Å². The van der Waals surface area contributed by atoms with Crippen LogP contribution in [0.2, 0.25) is 0 Å².